The van der Waals surface area contributed by atoms with Crippen molar-refractivity contribution >= 4 is 33.3 Å². The van der Waals surface area contributed by atoms with Crippen LogP contribution in [0.4, 0.5) is 0 Å². The van der Waals surface area contributed by atoms with E-state index in [0.717, 1.165) is 26.8 Å². The van der Waals surface area contributed by atoms with Crippen molar-refractivity contribution in [3.63, 3.8) is 0 Å². The van der Waals surface area contributed by atoms with Gasteiger partial charge < -0.3 is 0 Å². The number of aromatic nitrogens is 2. The topological polar surface area (TPSA) is 34.4 Å². The average molecular weight is 339 g/mol. The predicted octanol–water partition coefficient (Wildman–Crippen LogP) is 3.63. The molecule has 1 aliphatic carbocycles. The van der Waals surface area contributed by atoms with Crippen LogP contribution in [0.15, 0.2) is 33.7 Å². The maximum Gasteiger partial charge on any atom is 0.258 e. The monoisotopic (exact) mass is 338 g/mol. The van der Waals surface area contributed by atoms with Gasteiger partial charge in [0.2, 0.25) is 0 Å². The second-order valence-corrected chi connectivity index (χ2v) is 7.08. The number of fused-ring (bicyclic) bond motifs is 1. The second-order valence-electron chi connectivity index (χ2n) is 4.88. The van der Waals surface area contributed by atoms with Crippen LogP contribution in [-0.2, 0) is 5.75 Å². The van der Waals surface area contributed by atoms with Crippen LogP contribution in [-0.4, -0.2) is 14.6 Å². The Labute approximate surface area is 124 Å². The van der Waals surface area contributed by atoms with E-state index in [2.05, 4.69) is 20.9 Å². The van der Waals surface area contributed by atoms with Crippen molar-refractivity contribution in [1.82, 2.24) is 9.38 Å². The fourth-order valence-electron chi connectivity index (χ4n) is 2.46. The van der Waals surface area contributed by atoms with Crippen molar-refractivity contribution in [3.8, 4) is 0 Å². The molecule has 3 rings (SSSR count). The zero-order valence-electron chi connectivity index (χ0n) is 10.5. The van der Waals surface area contributed by atoms with Crippen LogP contribution in [0.3, 0.4) is 0 Å². The summed E-state index contributed by atoms with van der Waals surface area (Å²) in [5.74, 6) is 0.840. The van der Waals surface area contributed by atoms with E-state index in [-0.39, 0.29) is 5.56 Å². The fourth-order valence-corrected chi connectivity index (χ4v) is 4.02. The summed E-state index contributed by atoms with van der Waals surface area (Å²) in [4.78, 5) is 16.6. The lowest BCUT2D eigenvalue weighted by Gasteiger charge is -2.08. The first-order valence-electron chi connectivity index (χ1n) is 6.52. The molecular formula is C14H15BrN2OS. The minimum Gasteiger partial charge on any atom is -0.269 e. The van der Waals surface area contributed by atoms with Gasteiger partial charge in [-0.3, -0.25) is 9.20 Å². The number of halogens is 1. The van der Waals surface area contributed by atoms with Gasteiger partial charge in [0.1, 0.15) is 5.65 Å². The molecular weight excluding hydrogens is 324 g/mol. The summed E-state index contributed by atoms with van der Waals surface area (Å²) in [7, 11) is 0. The van der Waals surface area contributed by atoms with Crippen LogP contribution in [0, 0.1) is 0 Å². The highest BCUT2D eigenvalue weighted by Gasteiger charge is 2.15. The number of rotatable bonds is 3. The Hall–Kier alpha value is -0.810. The number of pyridine rings is 1. The highest BCUT2D eigenvalue weighted by atomic mass is 79.9. The van der Waals surface area contributed by atoms with Crippen LogP contribution in [0.5, 0.6) is 0 Å². The van der Waals surface area contributed by atoms with Crippen LogP contribution in [0.2, 0.25) is 0 Å². The quantitative estimate of drug-likeness (QED) is 0.856. The highest BCUT2D eigenvalue weighted by Crippen LogP contribution is 2.31. The molecule has 0 N–H and O–H groups in total. The summed E-state index contributed by atoms with van der Waals surface area (Å²) >= 11 is 5.31. The van der Waals surface area contributed by atoms with Crippen LogP contribution < -0.4 is 5.56 Å². The highest BCUT2D eigenvalue weighted by molar-refractivity contribution is 9.10. The summed E-state index contributed by atoms with van der Waals surface area (Å²) in [6.45, 7) is 0. The summed E-state index contributed by atoms with van der Waals surface area (Å²) in [6, 6.07) is 5.44. The Morgan fingerprint density at radius 1 is 1.37 bits per heavy atom. The van der Waals surface area contributed by atoms with Gasteiger partial charge in [-0.1, -0.05) is 12.8 Å². The molecule has 0 bridgehead atoms. The third-order valence-corrected chi connectivity index (χ3v) is 5.32. The summed E-state index contributed by atoms with van der Waals surface area (Å²) in [6.07, 6.45) is 7.08. The van der Waals surface area contributed by atoms with Crippen molar-refractivity contribution in [2.75, 3.05) is 0 Å². The molecule has 19 heavy (non-hydrogen) atoms. The largest absolute Gasteiger partial charge is 0.269 e. The van der Waals surface area contributed by atoms with Crippen LogP contribution in [0.1, 0.15) is 31.4 Å². The van der Waals surface area contributed by atoms with Crippen molar-refractivity contribution in [1.29, 1.82) is 0 Å². The molecule has 2 heterocycles. The summed E-state index contributed by atoms with van der Waals surface area (Å²) < 4.78 is 2.46. The van der Waals surface area contributed by atoms with E-state index < -0.39 is 0 Å². The molecule has 1 saturated carbocycles. The van der Waals surface area contributed by atoms with Gasteiger partial charge in [0.25, 0.3) is 5.56 Å². The molecule has 1 aliphatic rings. The first-order valence-corrected chi connectivity index (χ1v) is 8.36. The zero-order valence-corrected chi connectivity index (χ0v) is 12.9. The Morgan fingerprint density at radius 3 is 2.95 bits per heavy atom. The van der Waals surface area contributed by atoms with E-state index in [1.807, 2.05) is 23.9 Å². The normalized spacial score (nSPS) is 16.3. The van der Waals surface area contributed by atoms with Gasteiger partial charge in [-0.25, -0.2) is 4.98 Å². The molecule has 100 valence electrons. The standard InChI is InChI=1S/C14H15BrN2OS/c15-10-5-6-13-16-11(7-14(18)17(13)8-10)9-19-12-3-1-2-4-12/h5-8,12H,1-4,9H2. The SMILES string of the molecule is O=c1cc(CSC2CCCC2)nc2ccc(Br)cn12. The minimum atomic E-state index is -0.00618. The lowest BCUT2D eigenvalue weighted by atomic mass is 10.4. The Morgan fingerprint density at radius 2 is 2.16 bits per heavy atom. The van der Waals surface area contributed by atoms with Gasteiger partial charge >= 0.3 is 0 Å². The van der Waals surface area contributed by atoms with Crippen molar-refractivity contribution in [2.45, 2.75) is 36.7 Å². The maximum atomic E-state index is 12.0. The molecule has 0 amide bonds. The molecule has 0 unspecified atom stereocenters. The summed E-state index contributed by atoms with van der Waals surface area (Å²) in [5.41, 5.74) is 1.61. The molecule has 5 heteroatoms. The molecule has 0 spiro atoms. The third kappa shape index (κ3) is 3.03. The first-order chi connectivity index (χ1) is 9.22. The lowest BCUT2D eigenvalue weighted by molar-refractivity contribution is 0.886. The third-order valence-electron chi connectivity index (χ3n) is 3.45. The fraction of sp³-hybridized carbons (Fsp3) is 0.429. The minimum absolute atomic E-state index is 0.00618. The van der Waals surface area contributed by atoms with Gasteiger partial charge in [-0.2, -0.15) is 11.8 Å². The summed E-state index contributed by atoms with van der Waals surface area (Å²) in [5, 5.41) is 0.755. The molecule has 0 saturated heterocycles. The molecule has 0 radical (unpaired) electrons. The number of hydrogen-bond donors (Lipinski definition) is 0. The van der Waals surface area contributed by atoms with E-state index >= 15 is 0 Å². The molecule has 0 atom stereocenters. The Balaban J connectivity index is 1.84. The number of nitrogens with zero attached hydrogens (tertiary/aromatic N) is 2. The molecule has 0 aliphatic heterocycles. The second kappa shape index (κ2) is 5.67. The van der Waals surface area contributed by atoms with Crippen molar-refractivity contribution < 1.29 is 0 Å². The van der Waals surface area contributed by atoms with E-state index in [9.17, 15) is 4.79 Å². The van der Waals surface area contributed by atoms with E-state index in [0.29, 0.717) is 0 Å². The molecule has 2 aromatic rings. The van der Waals surface area contributed by atoms with E-state index in [1.165, 1.54) is 25.7 Å². The first kappa shape index (κ1) is 13.2. The van der Waals surface area contributed by atoms with Crippen LogP contribution >= 0.6 is 27.7 Å². The van der Waals surface area contributed by atoms with Gasteiger partial charge in [0.15, 0.2) is 0 Å². The number of thioether (sulfide) groups is 1. The van der Waals surface area contributed by atoms with E-state index in [1.54, 1.807) is 16.7 Å². The smallest absolute Gasteiger partial charge is 0.258 e. The van der Waals surface area contributed by atoms with Gasteiger partial charge in [-0.05, 0) is 40.9 Å². The van der Waals surface area contributed by atoms with Gasteiger partial charge in [0, 0.05) is 27.7 Å². The Bertz CT molecular complexity index is 649. The molecule has 1 fully saturated rings. The average Bonchev–Trinajstić information content (AvgIpc) is 2.90. The Kier molecular flexibility index (Phi) is 3.93. The van der Waals surface area contributed by atoms with Crippen molar-refractivity contribution in [2.24, 2.45) is 0 Å². The van der Waals surface area contributed by atoms with Crippen molar-refractivity contribution in [3.05, 3.63) is 44.9 Å². The van der Waals surface area contributed by atoms with Gasteiger partial charge in [-0.15, -0.1) is 0 Å². The zero-order chi connectivity index (χ0) is 13.2. The molecule has 0 aromatic carbocycles. The number of hydrogen-bond acceptors (Lipinski definition) is 3. The molecule has 3 nitrogen and oxygen atoms in total. The molecule has 2 aromatic heterocycles. The van der Waals surface area contributed by atoms with Crippen LogP contribution in [0.25, 0.3) is 5.65 Å². The lowest BCUT2D eigenvalue weighted by Crippen LogP contribution is -2.15. The maximum absolute atomic E-state index is 12.0. The van der Waals surface area contributed by atoms with E-state index in [4.69, 9.17) is 0 Å². The predicted molar refractivity (Wildman–Crippen MR) is 82.7 cm³/mol. The van der Waals surface area contributed by atoms with Gasteiger partial charge in [0.05, 0.1) is 5.69 Å².